The van der Waals surface area contributed by atoms with E-state index in [4.69, 9.17) is 4.74 Å². The summed E-state index contributed by atoms with van der Waals surface area (Å²) < 4.78 is 9.34. The van der Waals surface area contributed by atoms with Crippen molar-refractivity contribution in [2.24, 2.45) is 11.8 Å². The van der Waals surface area contributed by atoms with E-state index in [-0.39, 0.29) is 17.7 Å². The number of carbonyl (C=O) groups excluding carboxylic acids is 1. The summed E-state index contributed by atoms with van der Waals surface area (Å²) in [5, 5.41) is 4.19. The van der Waals surface area contributed by atoms with E-state index in [0.29, 0.717) is 26.3 Å². The van der Waals surface area contributed by atoms with Crippen molar-refractivity contribution >= 4 is 5.91 Å². The largest absolute Gasteiger partial charge is 0.381 e. The average Bonchev–Trinajstić information content (AvgIpc) is 3.28. The molecule has 8 nitrogen and oxygen atoms in total. The fourth-order valence-corrected chi connectivity index (χ4v) is 3.40. The van der Waals surface area contributed by atoms with Crippen molar-refractivity contribution in [3.63, 3.8) is 0 Å². The zero-order chi connectivity index (χ0) is 15.6. The number of ether oxygens (including phenoxy) is 1. The average molecular weight is 316 g/mol. The van der Waals surface area contributed by atoms with Gasteiger partial charge in [-0.15, -0.1) is 0 Å². The van der Waals surface area contributed by atoms with E-state index in [1.807, 2.05) is 15.8 Å². The molecule has 2 aromatic heterocycles. The summed E-state index contributed by atoms with van der Waals surface area (Å²) in [7, 11) is 0. The number of nitrogens with zero attached hydrogens (tertiary/aromatic N) is 6. The molecule has 2 atom stereocenters. The molecule has 0 aromatic carbocycles. The normalized spacial score (nSPS) is 24.4. The van der Waals surface area contributed by atoms with Gasteiger partial charge in [-0.1, -0.05) is 0 Å². The fraction of sp³-hybridized carbons (Fsp3) is 0.600. The van der Waals surface area contributed by atoms with Crippen LogP contribution in [0.25, 0.3) is 0 Å². The Kier molecular flexibility index (Phi) is 3.82. The van der Waals surface area contributed by atoms with Crippen molar-refractivity contribution in [2.75, 3.05) is 19.8 Å². The molecule has 2 aromatic rings. The molecule has 4 rings (SSSR count). The van der Waals surface area contributed by atoms with Crippen LogP contribution in [0.4, 0.5) is 0 Å². The smallest absolute Gasteiger partial charge is 0.228 e. The van der Waals surface area contributed by atoms with Crippen molar-refractivity contribution in [3.8, 4) is 0 Å². The van der Waals surface area contributed by atoms with Crippen LogP contribution < -0.4 is 0 Å². The van der Waals surface area contributed by atoms with Crippen LogP contribution in [0.1, 0.15) is 12.2 Å². The Morgan fingerprint density at radius 3 is 3.13 bits per heavy atom. The van der Waals surface area contributed by atoms with Gasteiger partial charge in [0.25, 0.3) is 0 Å². The van der Waals surface area contributed by atoms with Crippen molar-refractivity contribution < 1.29 is 9.53 Å². The summed E-state index contributed by atoms with van der Waals surface area (Å²) >= 11 is 0. The van der Waals surface area contributed by atoms with Crippen LogP contribution >= 0.6 is 0 Å². The van der Waals surface area contributed by atoms with Gasteiger partial charge in [-0.3, -0.25) is 9.48 Å². The zero-order valence-corrected chi connectivity index (χ0v) is 12.9. The third-order valence-corrected chi connectivity index (χ3v) is 4.57. The summed E-state index contributed by atoms with van der Waals surface area (Å²) in [6, 6.07) is 0. The second-order valence-corrected chi connectivity index (χ2v) is 6.26. The molecule has 0 N–H and O–H groups in total. The van der Waals surface area contributed by atoms with Crippen LogP contribution in [0, 0.1) is 11.8 Å². The Morgan fingerprint density at radius 2 is 2.35 bits per heavy atom. The highest BCUT2D eigenvalue weighted by molar-refractivity contribution is 5.79. The molecule has 4 heterocycles. The third-order valence-electron chi connectivity index (χ3n) is 4.57. The Morgan fingerprint density at radius 1 is 1.39 bits per heavy atom. The molecule has 2 aliphatic heterocycles. The monoisotopic (exact) mass is 316 g/mol. The van der Waals surface area contributed by atoms with Crippen molar-refractivity contribution in [1.82, 2.24) is 29.2 Å². The predicted molar refractivity (Wildman–Crippen MR) is 80.1 cm³/mol. The first-order chi connectivity index (χ1) is 11.3. The number of hydrogen-bond donors (Lipinski definition) is 0. The van der Waals surface area contributed by atoms with E-state index >= 15 is 0 Å². The van der Waals surface area contributed by atoms with Gasteiger partial charge in [0.15, 0.2) is 0 Å². The molecule has 23 heavy (non-hydrogen) atoms. The third kappa shape index (κ3) is 2.98. The predicted octanol–water partition coefficient (Wildman–Crippen LogP) is 0.170. The number of imidazole rings is 1. The first kappa shape index (κ1) is 14.4. The number of carbonyl (C=O) groups is 1. The molecule has 0 aliphatic carbocycles. The zero-order valence-electron chi connectivity index (χ0n) is 12.9. The van der Waals surface area contributed by atoms with Crippen LogP contribution in [0.15, 0.2) is 25.0 Å². The number of fused-ring (bicyclic) bond motifs is 1. The molecule has 0 unspecified atom stereocenters. The van der Waals surface area contributed by atoms with E-state index < -0.39 is 0 Å². The molecule has 8 heteroatoms. The number of rotatable bonds is 3. The lowest BCUT2D eigenvalue weighted by atomic mass is 10.1. The Balaban J connectivity index is 1.55. The Labute approximate surface area is 134 Å². The maximum atomic E-state index is 12.8. The summed E-state index contributed by atoms with van der Waals surface area (Å²) in [6.45, 7) is 4.07. The molecule has 0 radical (unpaired) electrons. The fourth-order valence-electron chi connectivity index (χ4n) is 3.40. The van der Waals surface area contributed by atoms with Gasteiger partial charge in [-0.25, -0.2) is 9.97 Å². The molecule has 0 bridgehead atoms. The van der Waals surface area contributed by atoms with Crippen molar-refractivity contribution in [2.45, 2.75) is 26.1 Å². The van der Waals surface area contributed by atoms with Crippen molar-refractivity contribution in [1.29, 1.82) is 0 Å². The highest BCUT2D eigenvalue weighted by Crippen LogP contribution is 2.22. The number of hydrogen-bond acceptors (Lipinski definition) is 5. The van der Waals surface area contributed by atoms with E-state index in [0.717, 1.165) is 25.3 Å². The Hall–Kier alpha value is -2.22. The van der Waals surface area contributed by atoms with Gasteiger partial charge in [-0.2, -0.15) is 5.10 Å². The summed E-state index contributed by atoms with van der Waals surface area (Å²) in [4.78, 5) is 23.2. The Bertz CT molecular complexity index is 661. The standard InChI is InChI=1S/C15H20N6O2/c22-15(13-1-4-23-9-13)20-6-12(7-21-11-16-10-18-21)5-19-3-2-17-14(19)8-20/h2-3,10-13H,1,4-9H2/t12-,13-/m1/s1. The minimum atomic E-state index is -0.0106. The minimum absolute atomic E-state index is 0.0106. The lowest BCUT2D eigenvalue weighted by molar-refractivity contribution is -0.136. The van der Waals surface area contributed by atoms with Gasteiger partial charge >= 0.3 is 0 Å². The molecular formula is C15H20N6O2. The highest BCUT2D eigenvalue weighted by atomic mass is 16.5. The molecule has 1 fully saturated rings. The first-order valence-corrected chi connectivity index (χ1v) is 7.98. The second-order valence-electron chi connectivity index (χ2n) is 6.26. The topological polar surface area (TPSA) is 78.1 Å². The molecule has 0 spiro atoms. The summed E-state index contributed by atoms with van der Waals surface area (Å²) in [5.41, 5.74) is 0. The minimum Gasteiger partial charge on any atom is -0.381 e. The van der Waals surface area contributed by atoms with Crippen LogP contribution in [-0.2, 0) is 29.2 Å². The summed E-state index contributed by atoms with van der Waals surface area (Å²) in [5.74, 6) is 1.39. The van der Waals surface area contributed by atoms with Gasteiger partial charge in [0.1, 0.15) is 18.5 Å². The van der Waals surface area contributed by atoms with Crippen LogP contribution in [0.2, 0.25) is 0 Å². The molecular weight excluding hydrogens is 296 g/mol. The number of amides is 1. The number of aromatic nitrogens is 5. The van der Waals surface area contributed by atoms with Crippen molar-refractivity contribution in [3.05, 3.63) is 30.9 Å². The first-order valence-electron chi connectivity index (χ1n) is 7.98. The highest BCUT2D eigenvalue weighted by Gasteiger charge is 2.32. The molecule has 1 saturated heterocycles. The van der Waals surface area contributed by atoms with Gasteiger partial charge in [0, 0.05) is 44.6 Å². The molecule has 1 amide bonds. The SMILES string of the molecule is O=C([C@@H]1CCOC1)N1Cc2nccn2C[C@@H](Cn2cncn2)C1. The molecule has 122 valence electrons. The van der Waals surface area contributed by atoms with Crippen LogP contribution in [-0.4, -0.2) is 54.9 Å². The van der Waals surface area contributed by atoms with Gasteiger partial charge < -0.3 is 14.2 Å². The van der Waals surface area contributed by atoms with Gasteiger partial charge in [0.2, 0.25) is 5.91 Å². The quantitative estimate of drug-likeness (QED) is 0.806. The summed E-state index contributed by atoms with van der Waals surface area (Å²) in [6.07, 6.45) is 7.86. The second kappa shape index (κ2) is 6.11. The maximum absolute atomic E-state index is 12.8. The van der Waals surface area contributed by atoms with E-state index in [2.05, 4.69) is 19.6 Å². The van der Waals surface area contributed by atoms with E-state index in [1.165, 1.54) is 6.33 Å². The van der Waals surface area contributed by atoms with Gasteiger partial charge in [-0.05, 0) is 6.42 Å². The van der Waals surface area contributed by atoms with Crippen LogP contribution in [0.3, 0.4) is 0 Å². The van der Waals surface area contributed by atoms with Gasteiger partial charge in [0.05, 0.1) is 19.1 Å². The molecule has 0 saturated carbocycles. The lowest BCUT2D eigenvalue weighted by Gasteiger charge is -2.26. The maximum Gasteiger partial charge on any atom is 0.228 e. The van der Waals surface area contributed by atoms with E-state index in [9.17, 15) is 4.79 Å². The molecule has 2 aliphatic rings. The van der Waals surface area contributed by atoms with Crippen LogP contribution in [0.5, 0.6) is 0 Å². The lowest BCUT2D eigenvalue weighted by Crippen LogP contribution is -2.39. The van der Waals surface area contributed by atoms with E-state index in [1.54, 1.807) is 12.5 Å².